The Morgan fingerprint density at radius 3 is 2.53 bits per heavy atom. The third-order valence-electron chi connectivity index (χ3n) is 4.53. The standard InChI is InChI=1S/C21H22ClFN4O3/c1-10(2)9-27-18-17(20(29)26-21(27)30)13(8-16(24-18)11(3)4)19(28)25-15-6-5-12(22)7-14(15)23/h5-8,10-11H,9H2,1-4H3,(H,25,28)(H,26,29,30). The lowest BCUT2D eigenvalue weighted by molar-refractivity contribution is 0.102. The summed E-state index contributed by atoms with van der Waals surface area (Å²) >= 11 is 5.76. The van der Waals surface area contributed by atoms with E-state index in [1.54, 1.807) is 0 Å². The maximum Gasteiger partial charge on any atom is 0.330 e. The molecule has 3 rings (SSSR count). The van der Waals surface area contributed by atoms with Crippen LogP contribution in [-0.4, -0.2) is 20.4 Å². The second-order valence-corrected chi connectivity index (χ2v) is 8.23. The van der Waals surface area contributed by atoms with Gasteiger partial charge in [0.05, 0.1) is 16.6 Å². The smallest absolute Gasteiger partial charge is 0.319 e. The summed E-state index contributed by atoms with van der Waals surface area (Å²) in [4.78, 5) is 44.8. The van der Waals surface area contributed by atoms with E-state index < -0.39 is 23.0 Å². The Balaban J connectivity index is 2.26. The third kappa shape index (κ3) is 4.28. The molecule has 2 N–H and O–H groups in total. The Kier molecular flexibility index (Phi) is 6.07. The van der Waals surface area contributed by atoms with Crippen molar-refractivity contribution in [1.82, 2.24) is 14.5 Å². The normalized spacial score (nSPS) is 11.5. The molecule has 0 fully saturated rings. The van der Waals surface area contributed by atoms with E-state index in [0.29, 0.717) is 12.2 Å². The van der Waals surface area contributed by atoms with Gasteiger partial charge in [-0.15, -0.1) is 0 Å². The summed E-state index contributed by atoms with van der Waals surface area (Å²) in [6.07, 6.45) is 0. The minimum Gasteiger partial charge on any atom is -0.319 e. The van der Waals surface area contributed by atoms with Crippen molar-refractivity contribution in [3.05, 3.63) is 67.2 Å². The molecule has 0 saturated carbocycles. The number of fused-ring (bicyclic) bond motifs is 1. The average Bonchev–Trinajstić information content (AvgIpc) is 2.65. The number of carbonyl (C=O) groups is 1. The van der Waals surface area contributed by atoms with Gasteiger partial charge in [-0.05, 0) is 36.1 Å². The van der Waals surface area contributed by atoms with E-state index >= 15 is 0 Å². The summed E-state index contributed by atoms with van der Waals surface area (Å²) in [5, 5.41) is 2.64. The van der Waals surface area contributed by atoms with E-state index in [2.05, 4.69) is 15.3 Å². The van der Waals surface area contributed by atoms with Crippen molar-refractivity contribution in [2.24, 2.45) is 5.92 Å². The molecule has 0 radical (unpaired) electrons. The van der Waals surface area contributed by atoms with E-state index in [0.717, 1.165) is 6.07 Å². The zero-order valence-corrected chi connectivity index (χ0v) is 17.8. The van der Waals surface area contributed by atoms with Gasteiger partial charge in [-0.3, -0.25) is 19.1 Å². The minimum atomic E-state index is -0.723. The second kappa shape index (κ2) is 8.39. The van der Waals surface area contributed by atoms with Gasteiger partial charge in [0, 0.05) is 17.3 Å². The Morgan fingerprint density at radius 2 is 1.93 bits per heavy atom. The SMILES string of the molecule is CC(C)Cn1c(=O)[nH]c(=O)c2c(C(=O)Nc3ccc(Cl)cc3F)cc(C(C)C)nc21. The number of rotatable bonds is 5. The number of amides is 1. The fourth-order valence-corrected chi connectivity index (χ4v) is 3.24. The Bertz CT molecular complexity index is 1250. The molecule has 0 aliphatic heterocycles. The molecule has 0 aliphatic carbocycles. The van der Waals surface area contributed by atoms with Crippen molar-refractivity contribution in [3.63, 3.8) is 0 Å². The molecule has 9 heteroatoms. The molecular formula is C21H22ClFN4O3. The molecule has 3 aromatic rings. The summed E-state index contributed by atoms with van der Waals surface area (Å²) in [7, 11) is 0. The number of carbonyl (C=O) groups excluding carboxylic acids is 1. The van der Waals surface area contributed by atoms with Gasteiger partial charge in [-0.25, -0.2) is 14.2 Å². The van der Waals surface area contributed by atoms with E-state index in [9.17, 15) is 18.8 Å². The number of aromatic amines is 1. The van der Waals surface area contributed by atoms with Crippen molar-refractivity contribution in [3.8, 4) is 0 Å². The van der Waals surface area contributed by atoms with Crippen molar-refractivity contribution >= 4 is 34.2 Å². The summed E-state index contributed by atoms with van der Waals surface area (Å²) in [5.74, 6) is -1.37. The lowest BCUT2D eigenvalue weighted by Crippen LogP contribution is -2.33. The highest BCUT2D eigenvalue weighted by atomic mass is 35.5. The van der Waals surface area contributed by atoms with Crippen LogP contribution in [0.4, 0.5) is 10.1 Å². The predicted molar refractivity (Wildman–Crippen MR) is 115 cm³/mol. The fourth-order valence-electron chi connectivity index (χ4n) is 3.08. The highest BCUT2D eigenvalue weighted by Crippen LogP contribution is 2.23. The number of hydrogen-bond acceptors (Lipinski definition) is 4. The number of nitrogens with one attached hydrogen (secondary N) is 2. The first-order chi connectivity index (χ1) is 14.1. The molecule has 0 bridgehead atoms. The van der Waals surface area contributed by atoms with Crippen molar-refractivity contribution < 1.29 is 9.18 Å². The van der Waals surface area contributed by atoms with Crippen LogP contribution in [0.2, 0.25) is 5.02 Å². The Hall–Kier alpha value is -3.00. The molecular weight excluding hydrogens is 411 g/mol. The van der Waals surface area contributed by atoms with E-state index in [1.165, 1.54) is 22.8 Å². The molecule has 158 valence electrons. The highest BCUT2D eigenvalue weighted by Gasteiger charge is 2.21. The first-order valence-corrected chi connectivity index (χ1v) is 9.90. The maximum absolute atomic E-state index is 14.2. The highest BCUT2D eigenvalue weighted by molar-refractivity contribution is 6.30. The van der Waals surface area contributed by atoms with Gasteiger partial charge >= 0.3 is 5.69 Å². The second-order valence-electron chi connectivity index (χ2n) is 7.79. The molecule has 0 saturated heterocycles. The topological polar surface area (TPSA) is 96.9 Å². The zero-order valence-electron chi connectivity index (χ0n) is 17.0. The van der Waals surface area contributed by atoms with E-state index in [-0.39, 0.29) is 39.1 Å². The number of hydrogen-bond donors (Lipinski definition) is 2. The molecule has 1 aromatic carbocycles. The van der Waals surface area contributed by atoms with Gasteiger partial charge in [0.2, 0.25) is 0 Å². The average molecular weight is 433 g/mol. The summed E-state index contributed by atoms with van der Waals surface area (Å²) in [6.45, 7) is 7.92. The summed E-state index contributed by atoms with van der Waals surface area (Å²) in [5.41, 5.74) is -0.717. The lowest BCUT2D eigenvalue weighted by Gasteiger charge is -2.16. The van der Waals surface area contributed by atoms with Crippen LogP contribution in [0.1, 0.15) is 49.7 Å². The first-order valence-electron chi connectivity index (χ1n) is 9.52. The van der Waals surface area contributed by atoms with Crippen LogP contribution in [0.15, 0.2) is 33.9 Å². The monoisotopic (exact) mass is 432 g/mol. The number of nitrogens with zero attached hydrogens (tertiary/aromatic N) is 2. The van der Waals surface area contributed by atoms with Gasteiger partial charge in [-0.1, -0.05) is 39.3 Å². The summed E-state index contributed by atoms with van der Waals surface area (Å²) < 4.78 is 15.5. The Morgan fingerprint density at radius 1 is 1.23 bits per heavy atom. The minimum absolute atomic E-state index is 0.0109. The lowest BCUT2D eigenvalue weighted by atomic mass is 10.0. The quantitative estimate of drug-likeness (QED) is 0.638. The van der Waals surface area contributed by atoms with Crippen molar-refractivity contribution in [1.29, 1.82) is 0 Å². The number of benzene rings is 1. The molecule has 0 unspecified atom stereocenters. The number of pyridine rings is 1. The molecule has 0 atom stereocenters. The van der Waals surface area contributed by atoms with Crippen molar-refractivity contribution in [2.75, 3.05) is 5.32 Å². The molecule has 2 aromatic heterocycles. The maximum atomic E-state index is 14.2. The van der Waals surface area contributed by atoms with Crippen LogP contribution >= 0.6 is 11.6 Å². The molecule has 2 heterocycles. The molecule has 7 nitrogen and oxygen atoms in total. The Labute approximate surface area is 176 Å². The molecule has 1 amide bonds. The number of aromatic nitrogens is 3. The van der Waals surface area contributed by atoms with Crippen LogP contribution in [0.5, 0.6) is 0 Å². The zero-order chi connectivity index (χ0) is 22.2. The van der Waals surface area contributed by atoms with E-state index in [4.69, 9.17) is 11.6 Å². The summed E-state index contributed by atoms with van der Waals surface area (Å²) in [6, 6.07) is 5.35. The first kappa shape index (κ1) is 21.7. The van der Waals surface area contributed by atoms with Crippen LogP contribution in [-0.2, 0) is 6.54 Å². The van der Waals surface area contributed by atoms with Crippen LogP contribution < -0.4 is 16.6 Å². The third-order valence-corrected chi connectivity index (χ3v) is 4.77. The van der Waals surface area contributed by atoms with E-state index in [1.807, 2.05) is 27.7 Å². The van der Waals surface area contributed by atoms with Gasteiger partial charge < -0.3 is 5.32 Å². The molecule has 0 spiro atoms. The number of H-pyrrole nitrogens is 1. The van der Waals surface area contributed by atoms with Crippen molar-refractivity contribution in [2.45, 2.75) is 40.2 Å². The van der Waals surface area contributed by atoms with Gasteiger partial charge in [0.15, 0.2) is 5.65 Å². The molecule has 0 aliphatic rings. The van der Waals surface area contributed by atoms with Gasteiger partial charge in [0.1, 0.15) is 5.82 Å². The van der Waals surface area contributed by atoms with Crippen LogP contribution in [0.3, 0.4) is 0 Å². The number of halogens is 2. The van der Waals surface area contributed by atoms with Gasteiger partial charge in [0.25, 0.3) is 11.5 Å². The van der Waals surface area contributed by atoms with Crippen LogP contribution in [0, 0.1) is 11.7 Å². The predicted octanol–water partition coefficient (Wildman–Crippen LogP) is 3.91. The van der Waals surface area contributed by atoms with Gasteiger partial charge in [-0.2, -0.15) is 0 Å². The molecule has 30 heavy (non-hydrogen) atoms. The largest absolute Gasteiger partial charge is 0.330 e. The van der Waals surface area contributed by atoms with Crippen LogP contribution in [0.25, 0.3) is 11.0 Å². The fraction of sp³-hybridized carbons (Fsp3) is 0.333. The number of anilines is 1.